The van der Waals surface area contributed by atoms with E-state index in [0.29, 0.717) is 0 Å². The Labute approximate surface area is 95.6 Å². The van der Waals surface area contributed by atoms with Gasteiger partial charge >= 0.3 is 0 Å². The molecule has 3 rings (SSSR count). The second kappa shape index (κ2) is 3.97. The highest BCUT2D eigenvalue weighted by atomic mass is 15.2. The van der Waals surface area contributed by atoms with E-state index in [4.69, 9.17) is 0 Å². The maximum Gasteiger partial charge on any atom is 0.132 e. The van der Waals surface area contributed by atoms with Crippen molar-refractivity contribution in [2.24, 2.45) is 0 Å². The molecule has 0 unspecified atom stereocenters. The molecular formula is C14H13N2. The molecule has 0 N–H and O–H groups in total. The number of fused-ring (bicyclic) bond motifs is 1. The Morgan fingerprint density at radius 1 is 1.25 bits per heavy atom. The number of hydrogen-bond donors (Lipinski definition) is 0. The third-order valence-electron chi connectivity index (χ3n) is 2.95. The highest BCUT2D eigenvalue weighted by molar-refractivity contribution is 5.51. The van der Waals surface area contributed by atoms with Crippen LogP contribution < -0.4 is 4.90 Å². The number of anilines is 1. The monoisotopic (exact) mass is 209 g/mol. The summed E-state index contributed by atoms with van der Waals surface area (Å²) in [5, 5.41) is 0. The summed E-state index contributed by atoms with van der Waals surface area (Å²) in [7, 11) is 0. The van der Waals surface area contributed by atoms with Gasteiger partial charge in [0.1, 0.15) is 5.82 Å². The zero-order valence-electron chi connectivity index (χ0n) is 9.06. The molecule has 0 saturated heterocycles. The van der Waals surface area contributed by atoms with Crippen LogP contribution in [0.15, 0.2) is 42.6 Å². The molecule has 2 aromatic rings. The number of hydrogen-bond acceptors (Lipinski definition) is 2. The number of aromatic nitrogens is 1. The molecular weight excluding hydrogens is 196 g/mol. The van der Waals surface area contributed by atoms with Crippen molar-refractivity contribution in [2.45, 2.75) is 13.0 Å². The van der Waals surface area contributed by atoms with Gasteiger partial charge in [-0.25, -0.2) is 4.98 Å². The van der Waals surface area contributed by atoms with Gasteiger partial charge < -0.3 is 4.90 Å². The second-order valence-corrected chi connectivity index (χ2v) is 4.05. The molecule has 0 aliphatic carbocycles. The number of benzene rings is 1. The molecule has 1 aliphatic rings. The van der Waals surface area contributed by atoms with Crippen molar-refractivity contribution in [3.8, 4) is 0 Å². The summed E-state index contributed by atoms with van der Waals surface area (Å²) in [5.41, 5.74) is 2.58. The molecule has 1 aromatic carbocycles. The minimum Gasteiger partial charge on any atom is -0.352 e. The normalized spacial score (nSPS) is 13.9. The summed E-state index contributed by atoms with van der Waals surface area (Å²) in [4.78, 5) is 6.75. The molecule has 16 heavy (non-hydrogen) atoms. The van der Waals surface area contributed by atoms with Gasteiger partial charge in [0, 0.05) is 24.8 Å². The lowest BCUT2D eigenvalue weighted by atomic mass is 10.2. The summed E-state index contributed by atoms with van der Waals surface area (Å²) in [5.74, 6) is 1.10. The molecule has 1 radical (unpaired) electrons. The predicted molar refractivity (Wildman–Crippen MR) is 64.3 cm³/mol. The van der Waals surface area contributed by atoms with E-state index in [9.17, 15) is 0 Å². The van der Waals surface area contributed by atoms with Gasteiger partial charge in [0.2, 0.25) is 0 Å². The standard InChI is InChI=1S/C14H13N2/c1-2-5-12(6-3-1)11-16-10-8-13-7-4-9-15-14(13)16/h1-6,9H,8,10-11H2. The van der Waals surface area contributed by atoms with Crippen molar-refractivity contribution < 1.29 is 0 Å². The van der Waals surface area contributed by atoms with Crippen LogP contribution in [0.2, 0.25) is 0 Å². The topological polar surface area (TPSA) is 16.1 Å². The van der Waals surface area contributed by atoms with Gasteiger partial charge in [-0.2, -0.15) is 0 Å². The molecule has 2 heterocycles. The largest absolute Gasteiger partial charge is 0.352 e. The first-order valence-corrected chi connectivity index (χ1v) is 5.58. The van der Waals surface area contributed by atoms with E-state index in [-0.39, 0.29) is 0 Å². The minimum atomic E-state index is 0.943. The van der Waals surface area contributed by atoms with Gasteiger partial charge in [-0.1, -0.05) is 30.3 Å². The highest BCUT2D eigenvalue weighted by Gasteiger charge is 2.19. The zero-order chi connectivity index (χ0) is 10.8. The SMILES string of the molecule is [c]1ccnc2c1CCN2Cc1ccccc1. The first-order valence-electron chi connectivity index (χ1n) is 5.58. The lowest BCUT2D eigenvalue weighted by molar-refractivity contribution is 0.825. The van der Waals surface area contributed by atoms with Crippen molar-refractivity contribution in [3.05, 3.63) is 59.8 Å². The fraction of sp³-hybridized carbons (Fsp3) is 0.214. The molecule has 0 saturated carbocycles. The van der Waals surface area contributed by atoms with Crippen molar-refractivity contribution in [2.75, 3.05) is 11.4 Å². The fourth-order valence-corrected chi connectivity index (χ4v) is 2.16. The van der Waals surface area contributed by atoms with Crippen molar-refractivity contribution in [1.82, 2.24) is 4.98 Å². The molecule has 2 nitrogen and oxygen atoms in total. The Morgan fingerprint density at radius 3 is 3.00 bits per heavy atom. The van der Waals surface area contributed by atoms with Crippen LogP contribution in [0.5, 0.6) is 0 Å². The average Bonchev–Trinajstić information content (AvgIpc) is 2.74. The van der Waals surface area contributed by atoms with Gasteiger partial charge in [-0.05, 0) is 24.1 Å². The lowest BCUT2D eigenvalue weighted by Gasteiger charge is -2.17. The Balaban J connectivity index is 1.84. The average molecular weight is 209 g/mol. The van der Waals surface area contributed by atoms with Crippen molar-refractivity contribution in [1.29, 1.82) is 0 Å². The molecule has 1 aliphatic heterocycles. The van der Waals surface area contributed by atoms with E-state index >= 15 is 0 Å². The van der Waals surface area contributed by atoms with Crippen LogP contribution in [0.1, 0.15) is 11.1 Å². The van der Waals surface area contributed by atoms with E-state index in [1.165, 1.54) is 11.1 Å². The Hall–Kier alpha value is -1.83. The van der Waals surface area contributed by atoms with E-state index in [1.807, 2.05) is 18.3 Å². The maximum absolute atomic E-state index is 4.43. The van der Waals surface area contributed by atoms with Crippen LogP contribution in [0.25, 0.3) is 0 Å². The Kier molecular flexibility index (Phi) is 2.33. The first-order chi connectivity index (χ1) is 7.93. The summed E-state index contributed by atoms with van der Waals surface area (Å²) in [6, 6.07) is 15.7. The molecule has 0 spiro atoms. The van der Waals surface area contributed by atoms with E-state index in [2.05, 4.69) is 40.2 Å². The van der Waals surface area contributed by atoms with Gasteiger partial charge in [-0.3, -0.25) is 0 Å². The van der Waals surface area contributed by atoms with Gasteiger partial charge in [-0.15, -0.1) is 0 Å². The first kappa shape index (κ1) is 9.40. The zero-order valence-corrected chi connectivity index (χ0v) is 9.06. The predicted octanol–water partition coefficient (Wildman–Crippen LogP) is 2.44. The quantitative estimate of drug-likeness (QED) is 0.755. The van der Waals surface area contributed by atoms with Crippen LogP contribution in [-0.2, 0) is 13.0 Å². The van der Waals surface area contributed by atoms with Gasteiger partial charge in [0.15, 0.2) is 0 Å². The summed E-state index contributed by atoms with van der Waals surface area (Å²) >= 11 is 0. The van der Waals surface area contributed by atoms with Crippen LogP contribution in [0.4, 0.5) is 5.82 Å². The van der Waals surface area contributed by atoms with E-state index in [0.717, 1.165) is 25.3 Å². The summed E-state index contributed by atoms with van der Waals surface area (Å²) < 4.78 is 0. The van der Waals surface area contributed by atoms with Gasteiger partial charge in [0.25, 0.3) is 0 Å². The van der Waals surface area contributed by atoms with E-state index < -0.39 is 0 Å². The Bertz CT molecular complexity index is 479. The summed E-state index contributed by atoms with van der Waals surface area (Å²) in [6.45, 7) is 2.00. The van der Waals surface area contributed by atoms with Crippen LogP contribution in [-0.4, -0.2) is 11.5 Å². The molecule has 79 valence electrons. The number of pyridine rings is 1. The maximum atomic E-state index is 4.43. The van der Waals surface area contributed by atoms with Gasteiger partial charge in [0.05, 0.1) is 0 Å². The minimum absolute atomic E-state index is 0.943. The smallest absolute Gasteiger partial charge is 0.132 e. The second-order valence-electron chi connectivity index (χ2n) is 4.05. The molecule has 0 atom stereocenters. The number of rotatable bonds is 2. The van der Waals surface area contributed by atoms with Crippen LogP contribution in [0, 0.1) is 6.07 Å². The third-order valence-corrected chi connectivity index (χ3v) is 2.95. The summed E-state index contributed by atoms with van der Waals surface area (Å²) in [6.07, 6.45) is 2.89. The van der Waals surface area contributed by atoms with Crippen LogP contribution >= 0.6 is 0 Å². The highest BCUT2D eigenvalue weighted by Crippen LogP contribution is 2.25. The van der Waals surface area contributed by atoms with Crippen molar-refractivity contribution in [3.63, 3.8) is 0 Å². The lowest BCUT2D eigenvalue weighted by Crippen LogP contribution is -2.20. The van der Waals surface area contributed by atoms with E-state index in [1.54, 1.807) is 0 Å². The number of nitrogens with zero attached hydrogens (tertiary/aromatic N) is 2. The molecule has 1 aromatic heterocycles. The third kappa shape index (κ3) is 1.67. The molecule has 0 amide bonds. The molecule has 0 bridgehead atoms. The van der Waals surface area contributed by atoms with Crippen LogP contribution in [0.3, 0.4) is 0 Å². The molecule has 2 heteroatoms. The Morgan fingerprint density at radius 2 is 2.12 bits per heavy atom. The fourth-order valence-electron chi connectivity index (χ4n) is 2.16. The molecule has 0 fully saturated rings. The van der Waals surface area contributed by atoms with Crippen molar-refractivity contribution >= 4 is 5.82 Å².